The van der Waals surface area contributed by atoms with E-state index >= 15 is 0 Å². The Bertz CT molecular complexity index is 3360. The summed E-state index contributed by atoms with van der Waals surface area (Å²) in [6.07, 6.45) is 0. The monoisotopic (exact) mass is 702 g/mol. The van der Waals surface area contributed by atoms with E-state index in [9.17, 15) is 0 Å². The maximum Gasteiger partial charge on any atom is 0.235 e. The summed E-state index contributed by atoms with van der Waals surface area (Å²) in [5.74, 6) is 0.671. The van der Waals surface area contributed by atoms with Gasteiger partial charge in [-0.2, -0.15) is 0 Å². The van der Waals surface area contributed by atoms with Gasteiger partial charge in [0.1, 0.15) is 0 Å². The minimum Gasteiger partial charge on any atom is -0.309 e. The van der Waals surface area contributed by atoms with E-state index in [0.29, 0.717) is 5.95 Å². The summed E-state index contributed by atoms with van der Waals surface area (Å²) < 4.78 is 4.65. The first kappa shape index (κ1) is 30.4. The quantitative estimate of drug-likeness (QED) is 0.184. The lowest BCUT2D eigenvalue weighted by Gasteiger charge is -2.22. The summed E-state index contributed by atoms with van der Waals surface area (Å²) >= 11 is 0. The second-order valence-electron chi connectivity index (χ2n) is 15.4. The number of aromatic nitrogens is 4. The van der Waals surface area contributed by atoms with Crippen molar-refractivity contribution in [2.45, 2.75) is 19.3 Å². The van der Waals surface area contributed by atoms with Crippen LogP contribution < -0.4 is 0 Å². The molecule has 0 amide bonds. The van der Waals surface area contributed by atoms with Crippen LogP contribution in [0.15, 0.2) is 170 Å². The van der Waals surface area contributed by atoms with Crippen LogP contribution in [-0.4, -0.2) is 19.1 Å². The lowest BCUT2D eigenvalue weighted by Crippen LogP contribution is -2.15. The van der Waals surface area contributed by atoms with E-state index in [1.165, 1.54) is 65.6 Å². The molecule has 8 aromatic carbocycles. The Morgan fingerprint density at radius 2 is 1.07 bits per heavy atom. The molecular weight excluding hydrogens is 669 g/mol. The van der Waals surface area contributed by atoms with E-state index in [1.54, 1.807) is 0 Å². The van der Waals surface area contributed by atoms with Gasteiger partial charge in [0, 0.05) is 43.6 Å². The molecule has 0 saturated carbocycles. The first-order valence-electron chi connectivity index (χ1n) is 19.0. The Labute approximate surface area is 317 Å². The number of benzene rings is 8. The van der Waals surface area contributed by atoms with E-state index in [4.69, 9.17) is 9.97 Å². The molecular formula is C51H34N4. The van der Waals surface area contributed by atoms with Gasteiger partial charge in [0.15, 0.2) is 0 Å². The molecule has 0 spiro atoms. The maximum absolute atomic E-state index is 5.47. The van der Waals surface area contributed by atoms with Gasteiger partial charge in [-0.25, -0.2) is 9.97 Å². The molecule has 3 aromatic heterocycles. The molecule has 1 aliphatic rings. The number of rotatable bonds is 3. The lowest BCUT2D eigenvalue weighted by atomic mass is 9.82. The maximum atomic E-state index is 5.47. The molecule has 4 nitrogen and oxygen atoms in total. The van der Waals surface area contributed by atoms with Crippen molar-refractivity contribution in [3.8, 4) is 34.0 Å². The Hall–Kier alpha value is -7.04. The molecule has 0 radical (unpaired) electrons. The van der Waals surface area contributed by atoms with Crippen molar-refractivity contribution in [3.63, 3.8) is 0 Å². The summed E-state index contributed by atoms with van der Waals surface area (Å²) in [7, 11) is 0. The highest BCUT2D eigenvalue weighted by molar-refractivity contribution is 6.21. The molecule has 1 aliphatic carbocycles. The Kier molecular flexibility index (Phi) is 6.09. The third-order valence-corrected chi connectivity index (χ3v) is 12.1. The normalized spacial score (nSPS) is 13.4. The van der Waals surface area contributed by atoms with E-state index in [2.05, 4.69) is 193 Å². The minimum atomic E-state index is -0.108. The predicted molar refractivity (Wildman–Crippen MR) is 229 cm³/mol. The number of hydrogen-bond donors (Lipinski definition) is 0. The molecule has 3 heterocycles. The van der Waals surface area contributed by atoms with Crippen LogP contribution in [0.4, 0.5) is 0 Å². The van der Waals surface area contributed by atoms with Gasteiger partial charge in [-0.1, -0.05) is 135 Å². The molecule has 12 rings (SSSR count). The molecule has 0 fully saturated rings. The number of para-hydroxylation sites is 4. The minimum absolute atomic E-state index is 0.108. The fourth-order valence-corrected chi connectivity index (χ4v) is 9.58. The van der Waals surface area contributed by atoms with E-state index in [0.717, 1.165) is 38.9 Å². The highest BCUT2D eigenvalue weighted by atomic mass is 15.2. The average Bonchev–Trinajstić information content (AvgIpc) is 3.83. The van der Waals surface area contributed by atoms with Crippen molar-refractivity contribution in [2.75, 3.05) is 0 Å². The molecule has 0 atom stereocenters. The molecule has 55 heavy (non-hydrogen) atoms. The molecule has 0 bridgehead atoms. The van der Waals surface area contributed by atoms with Gasteiger partial charge in [-0.15, -0.1) is 0 Å². The standard InChI is InChI=1S/C51H34N4/c1-51(2)41-18-8-3-13-35(41)36-26-23-32(30-42(36)51)49-39-16-4-9-19-43(39)52-50(53-49)55-46-22-12-7-17-40(46)48-34-27-25-33(29-31(34)24-28-47(48)55)54-44-20-10-5-14-37(44)38-15-6-11-21-45(38)54/h3-30H,1-2H3. The van der Waals surface area contributed by atoms with Crippen molar-refractivity contribution < 1.29 is 0 Å². The van der Waals surface area contributed by atoms with Crippen molar-refractivity contribution in [1.82, 2.24) is 19.1 Å². The largest absolute Gasteiger partial charge is 0.309 e. The van der Waals surface area contributed by atoms with Crippen LogP contribution in [0.2, 0.25) is 0 Å². The van der Waals surface area contributed by atoms with Crippen LogP contribution in [0.3, 0.4) is 0 Å². The SMILES string of the molecule is CC1(C)c2ccccc2-c2ccc(-c3nc(-n4c5ccccc5c5c6ccc(-n7c8ccccc8c8ccccc87)cc6ccc54)nc4ccccc34)cc21. The summed E-state index contributed by atoms with van der Waals surface area (Å²) in [5, 5.41) is 8.36. The van der Waals surface area contributed by atoms with Crippen LogP contribution in [0, 0.1) is 0 Å². The predicted octanol–water partition coefficient (Wildman–Crippen LogP) is 13.0. The van der Waals surface area contributed by atoms with Crippen LogP contribution in [0.1, 0.15) is 25.0 Å². The van der Waals surface area contributed by atoms with Crippen molar-refractivity contribution >= 4 is 65.3 Å². The first-order chi connectivity index (χ1) is 27.0. The van der Waals surface area contributed by atoms with E-state index in [1.807, 2.05) is 0 Å². The number of hydrogen-bond acceptors (Lipinski definition) is 2. The Morgan fingerprint density at radius 3 is 1.85 bits per heavy atom. The van der Waals surface area contributed by atoms with Gasteiger partial charge in [-0.05, 0) is 81.6 Å². The second kappa shape index (κ2) is 11.0. The highest BCUT2D eigenvalue weighted by Gasteiger charge is 2.35. The first-order valence-corrected chi connectivity index (χ1v) is 19.0. The van der Waals surface area contributed by atoms with E-state index in [-0.39, 0.29) is 5.41 Å². The molecule has 0 unspecified atom stereocenters. The van der Waals surface area contributed by atoms with Crippen LogP contribution in [0.25, 0.3) is 99.3 Å². The fourth-order valence-electron chi connectivity index (χ4n) is 9.58. The van der Waals surface area contributed by atoms with Crippen LogP contribution >= 0.6 is 0 Å². The summed E-state index contributed by atoms with van der Waals surface area (Å²) in [4.78, 5) is 10.7. The van der Waals surface area contributed by atoms with E-state index < -0.39 is 0 Å². The second-order valence-corrected chi connectivity index (χ2v) is 15.4. The smallest absolute Gasteiger partial charge is 0.235 e. The zero-order chi connectivity index (χ0) is 36.4. The summed E-state index contributed by atoms with van der Waals surface area (Å²) in [6, 6.07) is 61.6. The Balaban J connectivity index is 1.08. The molecule has 0 aliphatic heterocycles. The van der Waals surface area contributed by atoms with Gasteiger partial charge in [-0.3, -0.25) is 4.57 Å². The van der Waals surface area contributed by atoms with Crippen molar-refractivity contribution in [3.05, 3.63) is 181 Å². The zero-order valence-corrected chi connectivity index (χ0v) is 30.5. The van der Waals surface area contributed by atoms with Crippen molar-refractivity contribution in [1.29, 1.82) is 0 Å². The topological polar surface area (TPSA) is 35.6 Å². The van der Waals surface area contributed by atoms with Crippen molar-refractivity contribution in [2.24, 2.45) is 0 Å². The van der Waals surface area contributed by atoms with Gasteiger partial charge < -0.3 is 4.57 Å². The molecule has 0 saturated heterocycles. The van der Waals surface area contributed by atoms with Gasteiger partial charge in [0.2, 0.25) is 5.95 Å². The van der Waals surface area contributed by atoms with Gasteiger partial charge in [0.25, 0.3) is 0 Å². The zero-order valence-electron chi connectivity index (χ0n) is 30.5. The molecule has 11 aromatic rings. The fraction of sp³-hybridized carbons (Fsp3) is 0.0588. The van der Waals surface area contributed by atoms with Crippen LogP contribution in [0.5, 0.6) is 0 Å². The highest BCUT2D eigenvalue weighted by Crippen LogP contribution is 2.50. The third-order valence-electron chi connectivity index (χ3n) is 12.1. The molecule has 0 N–H and O–H groups in total. The molecule has 4 heteroatoms. The lowest BCUT2D eigenvalue weighted by molar-refractivity contribution is 0.660. The molecule has 258 valence electrons. The summed E-state index contributed by atoms with van der Waals surface area (Å²) in [6.45, 7) is 4.67. The van der Waals surface area contributed by atoms with Gasteiger partial charge >= 0.3 is 0 Å². The summed E-state index contributed by atoms with van der Waals surface area (Å²) in [5.41, 5.74) is 13.9. The number of fused-ring (bicyclic) bond motifs is 12. The van der Waals surface area contributed by atoms with Gasteiger partial charge in [0.05, 0.1) is 33.3 Å². The third kappa shape index (κ3) is 4.17. The number of nitrogens with zero attached hydrogens (tertiary/aromatic N) is 4. The van der Waals surface area contributed by atoms with Crippen LogP contribution in [-0.2, 0) is 5.41 Å². The Morgan fingerprint density at radius 1 is 0.436 bits per heavy atom. The average molecular weight is 703 g/mol.